The first-order valence-electron chi connectivity index (χ1n) is 18.0. The molecule has 5 rings (SSSR count). The Balaban J connectivity index is 1.17. The van der Waals surface area contributed by atoms with Gasteiger partial charge in [0.25, 0.3) is 0 Å². The van der Waals surface area contributed by atoms with Crippen molar-refractivity contribution >= 4 is 11.4 Å². The smallest absolute Gasteiger partial charge is 0.125 e. The maximum atomic E-state index is 6.18. The molecule has 4 heteroatoms. The molecule has 0 saturated heterocycles. The van der Waals surface area contributed by atoms with Gasteiger partial charge in [-0.3, -0.25) is 0 Å². The van der Waals surface area contributed by atoms with E-state index in [-0.39, 0.29) is 22.9 Å². The number of hydrogen-bond acceptors (Lipinski definition) is 4. The summed E-state index contributed by atoms with van der Waals surface area (Å²) in [6, 6.07) is 39.8. The summed E-state index contributed by atoms with van der Waals surface area (Å²) in [5.41, 5.74) is 11.8. The Hall–Kier alpha value is -4.70. The summed E-state index contributed by atoms with van der Waals surface area (Å²) >= 11 is 0. The van der Waals surface area contributed by atoms with Crippen LogP contribution in [0, 0.1) is 27.7 Å². The largest absolute Gasteiger partial charge is 0.491 e. The van der Waals surface area contributed by atoms with E-state index >= 15 is 0 Å². The molecular weight excluding hydrogens is 613 g/mol. The molecule has 0 aliphatic rings. The first kappa shape index (κ1) is 36.6. The lowest BCUT2D eigenvalue weighted by atomic mass is 9.74. The highest BCUT2D eigenvalue weighted by Gasteiger charge is 2.27. The van der Waals surface area contributed by atoms with Crippen LogP contribution in [0.15, 0.2) is 109 Å². The van der Waals surface area contributed by atoms with Crippen LogP contribution in [0.4, 0.5) is 11.4 Å². The van der Waals surface area contributed by atoms with Gasteiger partial charge in [0.1, 0.15) is 24.7 Å². The fourth-order valence-electron chi connectivity index (χ4n) is 6.73. The summed E-state index contributed by atoms with van der Waals surface area (Å²) < 4.78 is 12.4. The van der Waals surface area contributed by atoms with Gasteiger partial charge in [-0.2, -0.15) is 0 Å². The van der Waals surface area contributed by atoms with Crippen LogP contribution < -0.4 is 20.1 Å². The van der Waals surface area contributed by atoms with Crippen molar-refractivity contribution in [3.05, 3.63) is 154 Å². The third kappa shape index (κ3) is 8.53. The molecule has 0 heterocycles. The lowest BCUT2D eigenvalue weighted by Crippen LogP contribution is -2.24. The fourth-order valence-corrected chi connectivity index (χ4v) is 6.73. The van der Waals surface area contributed by atoms with Crippen LogP contribution in [0.25, 0.3) is 0 Å². The predicted molar refractivity (Wildman–Crippen MR) is 213 cm³/mol. The van der Waals surface area contributed by atoms with E-state index in [0.717, 1.165) is 22.9 Å². The second-order valence-corrected chi connectivity index (χ2v) is 15.1. The molecule has 5 aromatic rings. The van der Waals surface area contributed by atoms with E-state index in [1.165, 1.54) is 44.5 Å². The van der Waals surface area contributed by atoms with Gasteiger partial charge in [0.05, 0.1) is 12.1 Å². The first-order valence-corrected chi connectivity index (χ1v) is 18.0. The Bertz CT molecular complexity index is 1680. The SMILES string of the molecule is Cc1cccc(C)c1OCC(C)Nc1ccc(C(C)(C)c2ccc(C(C)(C)c3ccc(NC(C)COc4c(C)cccc4C)cc3)cc2)cc1. The molecule has 50 heavy (non-hydrogen) atoms. The number of nitrogens with one attached hydrogen (secondary N) is 2. The second-order valence-electron chi connectivity index (χ2n) is 15.1. The topological polar surface area (TPSA) is 42.5 Å². The molecule has 0 saturated carbocycles. The number of aryl methyl sites for hydroxylation is 4. The highest BCUT2D eigenvalue weighted by atomic mass is 16.5. The number of hydrogen-bond donors (Lipinski definition) is 2. The highest BCUT2D eigenvalue weighted by molar-refractivity contribution is 5.51. The van der Waals surface area contributed by atoms with Gasteiger partial charge in [0.2, 0.25) is 0 Å². The molecule has 4 nitrogen and oxygen atoms in total. The number of rotatable bonds is 14. The summed E-state index contributed by atoms with van der Waals surface area (Å²) in [4.78, 5) is 0. The quantitative estimate of drug-likeness (QED) is 0.124. The van der Waals surface area contributed by atoms with Gasteiger partial charge in [-0.05, 0) is 110 Å². The number of ether oxygens (including phenoxy) is 2. The molecule has 2 atom stereocenters. The average Bonchev–Trinajstić information content (AvgIpc) is 3.08. The van der Waals surface area contributed by atoms with Gasteiger partial charge in [-0.1, -0.05) is 113 Å². The molecule has 0 fully saturated rings. The summed E-state index contributed by atoms with van der Waals surface area (Å²) in [5, 5.41) is 7.20. The van der Waals surface area contributed by atoms with Crippen LogP contribution in [0.2, 0.25) is 0 Å². The van der Waals surface area contributed by atoms with Crippen LogP contribution in [-0.2, 0) is 10.8 Å². The fraction of sp³-hybridized carbons (Fsp3) is 0.348. The van der Waals surface area contributed by atoms with Crippen molar-refractivity contribution in [2.24, 2.45) is 0 Å². The van der Waals surface area contributed by atoms with Crippen molar-refractivity contribution in [3.63, 3.8) is 0 Å². The van der Waals surface area contributed by atoms with Crippen molar-refractivity contribution in [2.75, 3.05) is 23.8 Å². The Morgan fingerprint density at radius 3 is 0.980 bits per heavy atom. The Kier molecular flexibility index (Phi) is 11.3. The Morgan fingerprint density at radius 2 is 0.700 bits per heavy atom. The molecule has 0 aliphatic heterocycles. The zero-order valence-electron chi connectivity index (χ0n) is 31.8. The minimum Gasteiger partial charge on any atom is -0.491 e. The molecule has 0 aromatic heterocycles. The van der Waals surface area contributed by atoms with Crippen molar-refractivity contribution in [3.8, 4) is 11.5 Å². The minimum absolute atomic E-state index is 0.135. The normalized spacial score (nSPS) is 13.0. The second kappa shape index (κ2) is 15.5. The molecule has 0 radical (unpaired) electrons. The minimum atomic E-state index is -0.135. The lowest BCUT2D eigenvalue weighted by Gasteiger charge is -2.30. The van der Waals surface area contributed by atoms with Gasteiger partial charge in [0, 0.05) is 22.2 Å². The molecule has 0 spiro atoms. The standard InChI is InChI=1S/C46H56N2O2/c1-31-13-11-14-32(2)43(31)49-29-35(5)47-41-25-21-39(22-26-41)45(7,8)37-17-19-38(20-18-37)46(9,10)40-23-27-42(28-24-40)48-36(6)30-50-44-33(3)15-12-16-34(44)4/h11-28,35-36,47-48H,29-30H2,1-10H3. The third-order valence-electron chi connectivity index (χ3n) is 10.1. The van der Waals surface area contributed by atoms with E-state index in [1.807, 2.05) is 0 Å². The molecule has 2 N–H and O–H groups in total. The highest BCUT2D eigenvalue weighted by Crippen LogP contribution is 2.36. The van der Waals surface area contributed by atoms with E-state index in [1.54, 1.807) is 0 Å². The Morgan fingerprint density at radius 1 is 0.440 bits per heavy atom. The van der Waals surface area contributed by atoms with E-state index in [4.69, 9.17) is 9.47 Å². The molecule has 5 aromatic carbocycles. The van der Waals surface area contributed by atoms with E-state index < -0.39 is 0 Å². The molecule has 2 unspecified atom stereocenters. The zero-order chi connectivity index (χ0) is 36.1. The first-order chi connectivity index (χ1) is 23.8. The monoisotopic (exact) mass is 668 g/mol. The van der Waals surface area contributed by atoms with Gasteiger partial charge in [0.15, 0.2) is 0 Å². The van der Waals surface area contributed by atoms with Crippen LogP contribution in [-0.4, -0.2) is 25.3 Å². The van der Waals surface area contributed by atoms with Crippen molar-refractivity contribution in [1.82, 2.24) is 0 Å². The van der Waals surface area contributed by atoms with Crippen molar-refractivity contribution in [1.29, 1.82) is 0 Å². The molecule has 262 valence electrons. The van der Waals surface area contributed by atoms with E-state index in [0.29, 0.717) is 13.2 Å². The van der Waals surface area contributed by atoms with E-state index in [2.05, 4.69) is 189 Å². The lowest BCUT2D eigenvalue weighted by molar-refractivity contribution is 0.300. The number of anilines is 2. The van der Waals surface area contributed by atoms with Crippen LogP contribution in [0.1, 0.15) is 86.1 Å². The summed E-state index contributed by atoms with van der Waals surface area (Å²) in [7, 11) is 0. The van der Waals surface area contributed by atoms with Crippen molar-refractivity contribution < 1.29 is 9.47 Å². The molecule has 0 aliphatic carbocycles. The van der Waals surface area contributed by atoms with Crippen molar-refractivity contribution in [2.45, 2.75) is 92.2 Å². The number of benzene rings is 5. The Labute approximate surface area is 301 Å². The van der Waals surface area contributed by atoms with Crippen LogP contribution in [0.5, 0.6) is 11.5 Å². The predicted octanol–water partition coefficient (Wildman–Crippen LogP) is 11.3. The van der Waals surface area contributed by atoms with Gasteiger partial charge < -0.3 is 20.1 Å². The zero-order valence-corrected chi connectivity index (χ0v) is 31.8. The van der Waals surface area contributed by atoms with Gasteiger partial charge >= 0.3 is 0 Å². The molecule has 0 bridgehead atoms. The van der Waals surface area contributed by atoms with E-state index in [9.17, 15) is 0 Å². The average molecular weight is 669 g/mol. The van der Waals surface area contributed by atoms with Gasteiger partial charge in [-0.15, -0.1) is 0 Å². The molecule has 0 amide bonds. The summed E-state index contributed by atoms with van der Waals surface area (Å²) in [5.74, 6) is 1.97. The summed E-state index contributed by atoms with van der Waals surface area (Å²) in [6.45, 7) is 23.1. The maximum absolute atomic E-state index is 6.18. The number of para-hydroxylation sites is 2. The maximum Gasteiger partial charge on any atom is 0.125 e. The van der Waals surface area contributed by atoms with Gasteiger partial charge in [-0.25, -0.2) is 0 Å². The van der Waals surface area contributed by atoms with Crippen LogP contribution in [0.3, 0.4) is 0 Å². The van der Waals surface area contributed by atoms with Crippen LogP contribution >= 0.6 is 0 Å². The third-order valence-corrected chi connectivity index (χ3v) is 10.1. The summed E-state index contributed by atoms with van der Waals surface area (Å²) in [6.07, 6.45) is 0. The molecular formula is C46H56N2O2.